The van der Waals surface area contributed by atoms with Crippen molar-refractivity contribution in [3.8, 4) is 0 Å². The van der Waals surface area contributed by atoms with Crippen molar-refractivity contribution in [1.29, 1.82) is 0 Å². The average molecular weight is 453 g/mol. The quantitative estimate of drug-likeness (QED) is 0.227. The minimum Gasteiger partial charge on any atom is -0.373 e. The second-order valence-electron chi connectivity index (χ2n) is 4.80. The fraction of sp³-hybridized carbons (Fsp3) is 0.143. The Morgan fingerprint density at radius 2 is 1.11 bits per heavy atom. The van der Waals surface area contributed by atoms with Crippen molar-refractivity contribution in [2.24, 2.45) is 4.52 Å². The predicted octanol–water partition coefficient (Wildman–Crippen LogP) is 1.79. The van der Waals surface area contributed by atoms with Gasteiger partial charge < -0.3 is 11.1 Å². The molecule has 0 saturated carbocycles. The van der Waals surface area contributed by atoms with Gasteiger partial charge in [-0.2, -0.15) is 0 Å². The summed E-state index contributed by atoms with van der Waals surface area (Å²) < 4.78 is 46.4. The van der Waals surface area contributed by atoms with Crippen LogP contribution in [0.3, 0.4) is 0 Å². The Labute approximate surface area is 189 Å². The number of hydrogen-bond acceptors (Lipinski definition) is 4. The minimum absolute atomic E-state index is 0. The maximum atomic E-state index is 11.1. The topological polar surface area (TPSA) is 176 Å². The van der Waals surface area contributed by atoms with E-state index in [1.165, 1.54) is 29.2 Å². The first-order valence-electron chi connectivity index (χ1n) is 6.85. The number of azide groups is 1. The molecule has 2 rings (SSSR count). The molecule has 0 spiro atoms. The second kappa shape index (κ2) is 13.4. The van der Waals surface area contributed by atoms with E-state index in [0.717, 1.165) is 11.1 Å². The molecular weight excluding hydrogens is 439 g/mol. The van der Waals surface area contributed by atoms with Crippen molar-refractivity contribution in [3.63, 3.8) is 0 Å². The summed E-state index contributed by atoms with van der Waals surface area (Å²) in [5.74, 6) is 0. The standard InChI is InChI=1S/C7H7ClO2S.C7H7N3O2S.N3.Na/c1-6-2-4-7(5-3-6)11(8,9)10;1-6-2-4-7(5-3-6)13(11,12)10-9-8;1-3-2;/h2-5H,1H3;2-5H,1H3;;/q;;-1;+1. The van der Waals surface area contributed by atoms with Crippen LogP contribution in [-0.4, -0.2) is 16.8 Å². The minimum atomic E-state index is -3.82. The van der Waals surface area contributed by atoms with Gasteiger partial charge in [-0.1, -0.05) is 35.4 Å². The Hall–Kier alpha value is -1.75. The van der Waals surface area contributed by atoms with Gasteiger partial charge in [-0.05, 0) is 43.6 Å². The smallest absolute Gasteiger partial charge is 0.373 e. The number of hydrogen-bond donors (Lipinski definition) is 0. The van der Waals surface area contributed by atoms with Gasteiger partial charge in [-0.15, -0.1) is 0 Å². The van der Waals surface area contributed by atoms with Gasteiger partial charge in [0.15, 0.2) is 0 Å². The van der Waals surface area contributed by atoms with Crippen LogP contribution < -0.4 is 29.6 Å². The molecule has 0 radical (unpaired) electrons. The van der Waals surface area contributed by atoms with E-state index in [2.05, 4.69) is 9.43 Å². The van der Waals surface area contributed by atoms with Gasteiger partial charge in [-0.3, -0.25) is 4.91 Å². The SMILES string of the molecule is Cc1ccc(S(=O)(=O)Cl)cc1.Cc1ccc(S(=O)(=O)N=[N+]=[N-])cc1.[N-]=[N+]=[N-].[Na+]. The van der Waals surface area contributed by atoms with Crippen molar-refractivity contribution < 1.29 is 46.4 Å². The van der Waals surface area contributed by atoms with Crippen molar-refractivity contribution in [1.82, 2.24) is 0 Å². The van der Waals surface area contributed by atoms with E-state index < -0.39 is 19.1 Å². The van der Waals surface area contributed by atoms with Crippen LogP contribution in [0.5, 0.6) is 0 Å². The van der Waals surface area contributed by atoms with Crippen molar-refractivity contribution in [2.75, 3.05) is 0 Å². The van der Waals surface area contributed by atoms with Crippen LogP contribution in [0.1, 0.15) is 11.1 Å². The van der Waals surface area contributed by atoms with Crippen LogP contribution in [0.15, 0.2) is 62.8 Å². The van der Waals surface area contributed by atoms with Crippen LogP contribution in [0.25, 0.3) is 26.4 Å². The molecule has 0 N–H and O–H groups in total. The largest absolute Gasteiger partial charge is 1.00 e. The van der Waals surface area contributed by atoms with Crippen LogP contribution in [0.4, 0.5) is 0 Å². The van der Waals surface area contributed by atoms with E-state index in [-0.39, 0.29) is 39.3 Å². The summed E-state index contributed by atoms with van der Waals surface area (Å²) in [5.41, 5.74) is 23.4. The Balaban J connectivity index is 0. The molecule has 14 heteroatoms. The van der Waals surface area contributed by atoms with Gasteiger partial charge in [0, 0.05) is 20.1 Å². The maximum absolute atomic E-state index is 11.1. The molecule has 0 saturated heterocycles. The zero-order chi connectivity index (χ0) is 21.1. The first-order chi connectivity index (χ1) is 12.5. The van der Waals surface area contributed by atoms with Gasteiger partial charge >= 0.3 is 29.6 Å². The Bertz CT molecular complexity index is 1050. The molecule has 0 amide bonds. The molecule has 2 aromatic carbocycles. The second-order valence-corrected chi connectivity index (χ2v) is 8.95. The maximum Gasteiger partial charge on any atom is 1.00 e. The van der Waals surface area contributed by atoms with Crippen molar-refractivity contribution >= 4 is 29.8 Å². The summed E-state index contributed by atoms with van der Waals surface area (Å²) in [7, 11) is -2.28. The summed E-state index contributed by atoms with van der Waals surface area (Å²) in [5, 5.41) is 0. The summed E-state index contributed by atoms with van der Waals surface area (Å²) in [4.78, 5) is 3.90. The van der Waals surface area contributed by atoms with E-state index >= 15 is 0 Å². The fourth-order valence-electron chi connectivity index (χ4n) is 1.51. The number of nitrogens with zero attached hydrogens (tertiary/aromatic N) is 6. The number of aryl methyl sites for hydroxylation is 2. The monoisotopic (exact) mass is 452 g/mol. The zero-order valence-electron chi connectivity index (χ0n) is 15.1. The normalized spacial score (nSPS) is 9.68. The molecule has 0 unspecified atom stereocenters. The number of halogens is 1. The summed E-state index contributed by atoms with van der Waals surface area (Å²) in [6.45, 7) is 3.72. The van der Waals surface area contributed by atoms with Gasteiger partial charge in [0.2, 0.25) is 0 Å². The average Bonchev–Trinajstić information content (AvgIpc) is 2.56. The van der Waals surface area contributed by atoms with Gasteiger partial charge in [0.1, 0.15) is 0 Å². The molecule has 0 bridgehead atoms. The molecule has 0 aliphatic heterocycles. The number of sulfonamides is 1. The molecule has 0 aromatic heterocycles. The number of rotatable bonds is 3. The molecule has 0 fully saturated rings. The van der Waals surface area contributed by atoms with Crippen LogP contribution >= 0.6 is 10.7 Å². The van der Waals surface area contributed by atoms with Crippen LogP contribution in [0.2, 0.25) is 0 Å². The first-order valence-corrected chi connectivity index (χ1v) is 10.6. The molecule has 2 aromatic rings. The van der Waals surface area contributed by atoms with Crippen LogP contribution in [-0.2, 0) is 19.1 Å². The summed E-state index contributed by atoms with van der Waals surface area (Å²) >= 11 is 0. The molecule has 144 valence electrons. The third-order valence-corrected chi connectivity index (χ3v) is 5.29. The fourth-order valence-corrected chi connectivity index (χ4v) is 2.95. The molecule has 0 aliphatic carbocycles. The van der Waals surface area contributed by atoms with E-state index in [9.17, 15) is 16.8 Å². The first kappa shape index (κ1) is 28.5. The van der Waals surface area contributed by atoms with Crippen molar-refractivity contribution in [3.05, 3.63) is 86.1 Å². The zero-order valence-corrected chi connectivity index (χ0v) is 19.5. The van der Waals surface area contributed by atoms with E-state index in [0.29, 0.717) is 0 Å². The molecule has 0 atom stereocenters. The molecule has 28 heavy (non-hydrogen) atoms. The molecule has 0 heterocycles. The van der Waals surface area contributed by atoms with E-state index in [1.807, 2.05) is 13.8 Å². The Kier molecular flexibility index (Phi) is 13.7. The van der Waals surface area contributed by atoms with E-state index in [4.69, 9.17) is 27.3 Å². The predicted molar refractivity (Wildman–Crippen MR) is 102 cm³/mol. The van der Waals surface area contributed by atoms with Crippen LogP contribution in [0, 0.1) is 13.8 Å². The third kappa shape index (κ3) is 11.2. The van der Waals surface area contributed by atoms with Gasteiger partial charge in [-0.25, -0.2) is 16.8 Å². The molecule has 0 aliphatic rings. The Morgan fingerprint density at radius 3 is 1.39 bits per heavy atom. The molecule has 10 nitrogen and oxygen atoms in total. The number of benzene rings is 2. The third-order valence-electron chi connectivity index (χ3n) is 2.77. The van der Waals surface area contributed by atoms with Gasteiger partial charge in [0.05, 0.1) is 9.79 Å². The van der Waals surface area contributed by atoms with Gasteiger partial charge in [0.25, 0.3) is 19.1 Å². The molecular formula is C14H14ClN6NaO4S2. The van der Waals surface area contributed by atoms with Crippen molar-refractivity contribution in [2.45, 2.75) is 23.6 Å². The Morgan fingerprint density at radius 1 is 0.786 bits per heavy atom. The summed E-state index contributed by atoms with van der Waals surface area (Å²) in [6.07, 6.45) is 0. The summed E-state index contributed by atoms with van der Waals surface area (Å²) in [6, 6.07) is 12.5. The van der Waals surface area contributed by atoms with E-state index in [1.54, 1.807) is 24.3 Å².